The van der Waals surface area contributed by atoms with Crippen molar-refractivity contribution >= 4 is 34.2 Å². The van der Waals surface area contributed by atoms with Gasteiger partial charge < -0.3 is 19.4 Å². The van der Waals surface area contributed by atoms with Gasteiger partial charge in [0.15, 0.2) is 6.61 Å². The van der Waals surface area contributed by atoms with E-state index < -0.39 is 0 Å². The Labute approximate surface area is 202 Å². The van der Waals surface area contributed by atoms with Crippen LogP contribution in [0.1, 0.15) is 11.4 Å². The summed E-state index contributed by atoms with van der Waals surface area (Å²) in [7, 11) is 1.66. The average Bonchev–Trinajstić information content (AvgIpc) is 3.22. The molecule has 0 bridgehead atoms. The number of amides is 1. The van der Waals surface area contributed by atoms with E-state index in [4.69, 9.17) is 26.1 Å². The molecule has 3 aromatic carbocycles. The summed E-state index contributed by atoms with van der Waals surface area (Å²) in [6.45, 7) is 3.14. The van der Waals surface area contributed by atoms with E-state index in [1.54, 1.807) is 31.4 Å². The molecule has 0 radical (unpaired) electrons. The summed E-state index contributed by atoms with van der Waals surface area (Å²) in [6, 6.07) is 20.8. The van der Waals surface area contributed by atoms with Gasteiger partial charge >= 0.3 is 0 Å². The minimum Gasteiger partial charge on any atom is -0.496 e. The minimum absolute atomic E-state index is 0.0919. The van der Waals surface area contributed by atoms with Crippen LogP contribution in [0.2, 0.25) is 5.02 Å². The zero-order chi connectivity index (χ0) is 23.5. The molecule has 1 amide bonds. The number of anilines is 1. The zero-order valence-corrected chi connectivity index (χ0v) is 19.6. The molecule has 5 rings (SSSR count). The lowest BCUT2D eigenvalue weighted by Crippen LogP contribution is -2.33. The van der Waals surface area contributed by atoms with Crippen molar-refractivity contribution in [2.75, 3.05) is 25.6 Å². The van der Waals surface area contributed by atoms with E-state index in [-0.39, 0.29) is 12.5 Å². The van der Waals surface area contributed by atoms with Gasteiger partial charge in [0.2, 0.25) is 0 Å². The third kappa shape index (κ3) is 4.85. The van der Waals surface area contributed by atoms with Crippen molar-refractivity contribution in [3.63, 3.8) is 0 Å². The Morgan fingerprint density at radius 1 is 1.09 bits per heavy atom. The lowest BCUT2D eigenvalue weighted by atomic mass is 10.1. The largest absolute Gasteiger partial charge is 0.496 e. The summed E-state index contributed by atoms with van der Waals surface area (Å²) in [5.74, 6) is 2.20. The Morgan fingerprint density at radius 2 is 1.91 bits per heavy atom. The number of rotatable bonds is 7. The van der Waals surface area contributed by atoms with E-state index in [0.717, 1.165) is 42.3 Å². The molecule has 7 nitrogen and oxygen atoms in total. The fourth-order valence-electron chi connectivity index (χ4n) is 4.25. The van der Waals surface area contributed by atoms with Crippen LogP contribution in [-0.2, 0) is 24.4 Å². The number of para-hydroxylation sites is 2. The summed E-state index contributed by atoms with van der Waals surface area (Å²) in [6.07, 6.45) is 0. The summed E-state index contributed by atoms with van der Waals surface area (Å²) in [4.78, 5) is 19.6. The van der Waals surface area contributed by atoms with Gasteiger partial charge in [-0.25, -0.2) is 4.98 Å². The molecule has 0 spiro atoms. The quantitative estimate of drug-likeness (QED) is 0.417. The smallest absolute Gasteiger partial charge is 0.262 e. The Kier molecular flexibility index (Phi) is 6.38. The van der Waals surface area contributed by atoms with Crippen molar-refractivity contribution in [2.45, 2.75) is 19.6 Å². The predicted octanol–water partition coefficient (Wildman–Crippen LogP) is 4.73. The Bertz CT molecular complexity index is 1320. The summed E-state index contributed by atoms with van der Waals surface area (Å²) in [5.41, 5.74) is 3.91. The number of hydrogen-bond acceptors (Lipinski definition) is 5. The van der Waals surface area contributed by atoms with Crippen molar-refractivity contribution in [3.05, 3.63) is 83.1 Å². The molecule has 1 aliphatic rings. The first-order chi connectivity index (χ1) is 16.6. The molecule has 8 heteroatoms. The second-order valence-corrected chi connectivity index (χ2v) is 8.63. The maximum atomic E-state index is 12.4. The third-order valence-corrected chi connectivity index (χ3v) is 6.13. The lowest BCUT2D eigenvalue weighted by molar-refractivity contribution is -0.118. The van der Waals surface area contributed by atoms with Crippen LogP contribution in [0.25, 0.3) is 11.0 Å². The zero-order valence-electron chi connectivity index (χ0n) is 18.8. The van der Waals surface area contributed by atoms with Gasteiger partial charge in [-0.1, -0.05) is 23.7 Å². The van der Waals surface area contributed by atoms with Crippen molar-refractivity contribution in [2.24, 2.45) is 0 Å². The maximum Gasteiger partial charge on any atom is 0.262 e. The Balaban J connectivity index is 1.25. The highest BCUT2D eigenvalue weighted by molar-refractivity contribution is 6.30. The van der Waals surface area contributed by atoms with Crippen LogP contribution in [0.4, 0.5) is 5.69 Å². The molecule has 0 fully saturated rings. The normalized spacial score (nSPS) is 13.5. The fraction of sp³-hybridized carbons (Fsp3) is 0.231. The number of ether oxygens (including phenoxy) is 2. The first kappa shape index (κ1) is 22.3. The maximum absolute atomic E-state index is 12.4. The van der Waals surface area contributed by atoms with Crippen LogP contribution in [0.5, 0.6) is 11.5 Å². The van der Waals surface area contributed by atoms with Gasteiger partial charge in [-0.3, -0.25) is 9.69 Å². The molecule has 0 unspecified atom stereocenters. The average molecular weight is 477 g/mol. The van der Waals surface area contributed by atoms with E-state index in [1.807, 2.05) is 24.3 Å². The summed E-state index contributed by atoms with van der Waals surface area (Å²) in [5, 5.41) is 3.52. The molecular formula is C26H25ClN4O3. The monoisotopic (exact) mass is 476 g/mol. The van der Waals surface area contributed by atoms with E-state index >= 15 is 0 Å². The number of halogens is 1. The molecule has 174 valence electrons. The second-order valence-electron chi connectivity index (χ2n) is 8.20. The van der Waals surface area contributed by atoms with Gasteiger partial charge in [0.1, 0.15) is 17.3 Å². The molecule has 34 heavy (non-hydrogen) atoms. The van der Waals surface area contributed by atoms with E-state index in [0.29, 0.717) is 23.0 Å². The molecule has 0 saturated heterocycles. The number of hydrogen-bond donors (Lipinski definition) is 1. The molecule has 0 atom stereocenters. The Hall–Kier alpha value is -3.55. The van der Waals surface area contributed by atoms with Crippen LogP contribution < -0.4 is 14.8 Å². The number of nitrogens with one attached hydrogen (secondary N) is 1. The third-order valence-electron chi connectivity index (χ3n) is 5.88. The molecule has 1 aliphatic heterocycles. The number of benzene rings is 3. The SMILES string of the molecule is COc1ccc(NC(=O)COc2ccc(Cl)cc2)cc1CN1CCn2c(nc3ccccc32)C1. The number of carbonyl (C=O) groups excluding carboxylic acids is 1. The number of fused-ring (bicyclic) bond motifs is 3. The molecule has 0 saturated carbocycles. The highest BCUT2D eigenvalue weighted by atomic mass is 35.5. The van der Waals surface area contributed by atoms with E-state index in [1.165, 1.54) is 5.52 Å². The second kappa shape index (κ2) is 9.75. The number of imidazole rings is 1. The Morgan fingerprint density at radius 3 is 2.74 bits per heavy atom. The standard InChI is InChI=1S/C26H25ClN4O3/c1-33-24-11-8-20(28-26(32)17-34-21-9-6-19(27)7-10-21)14-18(24)15-30-12-13-31-23-5-3-2-4-22(23)29-25(31)16-30/h2-11,14H,12-13,15-17H2,1H3,(H,28,32). The number of carbonyl (C=O) groups is 1. The number of nitrogens with zero attached hydrogens (tertiary/aromatic N) is 3. The van der Waals surface area contributed by atoms with Crippen LogP contribution in [-0.4, -0.2) is 40.6 Å². The molecule has 4 aromatic rings. The van der Waals surface area contributed by atoms with Gasteiger partial charge in [-0.15, -0.1) is 0 Å². The minimum atomic E-state index is -0.238. The van der Waals surface area contributed by atoms with Crippen molar-refractivity contribution < 1.29 is 14.3 Å². The van der Waals surface area contributed by atoms with Crippen molar-refractivity contribution in [3.8, 4) is 11.5 Å². The molecule has 2 heterocycles. The van der Waals surface area contributed by atoms with Gasteiger partial charge in [0.05, 0.1) is 24.7 Å². The summed E-state index contributed by atoms with van der Waals surface area (Å²) < 4.78 is 13.4. The van der Waals surface area contributed by atoms with Gasteiger partial charge in [-0.05, 0) is 54.6 Å². The molecule has 0 aliphatic carbocycles. The van der Waals surface area contributed by atoms with Gasteiger partial charge in [-0.2, -0.15) is 0 Å². The van der Waals surface area contributed by atoms with Crippen LogP contribution in [0.3, 0.4) is 0 Å². The van der Waals surface area contributed by atoms with Crippen molar-refractivity contribution in [1.29, 1.82) is 0 Å². The molecule has 1 aromatic heterocycles. The van der Waals surface area contributed by atoms with Crippen LogP contribution in [0, 0.1) is 0 Å². The topological polar surface area (TPSA) is 68.6 Å². The van der Waals surface area contributed by atoms with E-state index in [9.17, 15) is 4.79 Å². The molecular weight excluding hydrogens is 452 g/mol. The summed E-state index contributed by atoms with van der Waals surface area (Å²) >= 11 is 5.88. The van der Waals surface area contributed by atoms with Gasteiger partial charge in [0, 0.05) is 35.9 Å². The number of aromatic nitrogens is 2. The van der Waals surface area contributed by atoms with Crippen molar-refractivity contribution in [1.82, 2.24) is 14.5 Å². The highest BCUT2D eigenvalue weighted by Crippen LogP contribution is 2.27. The van der Waals surface area contributed by atoms with E-state index in [2.05, 4.69) is 33.0 Å². The highest BCUT2D eigenvalue weighted by Gasteiger charge is 2.21. The first-order valence-electron chi connectivity index (χ1n) is 11.1. The van der Waals surface area contributed by atoms with Crippen LogP contribution in [0.15, 0.2) is 66.7 Å². The fourth-order valence-corrected chi connectivity index (χ4v) is 4.37. The number of methoxy groups -OCH3 is 1. The van der Waals surface area contributed by atoms with Crippen LogP contribution >= 0.6 is 11.6 Å². The predicted molar refractivity (Wildman–Crippen MR) is 132 cm³/mol. The molecule has 1 N–H and O–H groups in total. The lowest BCUT2D eigenvalue weighted by Gasteiger charge is -2.28. The van der Waals surface area contributed by atoms with Gasteiger partial charge in [0.25, 0.3) is 5.91 Å². The first-order valence-corrected chi connectivity index (χ1v) is 11.5.